The fourth-order valence-electron chi connectivity index (χ4n) is 3.42. The number of sulfonamides is 1. The van der Waals surface area contributed by atoms with Crippen molar-refractivity contribution < 1.29 is 18.4 Å². The molecule has 0 fully saturated rings. The molecule has 3 rings (SSSR count). The van der Waals surface area contributed by atoms with Crippen LogP contribution in [0.3, 0.4) is 0 Å². The molecule has 8 nitrogen and oxygen atoms in total. The lowest BCUT2D eigenvalue weighted by atomic mass is 9.79. The van der Waals surface area contributed by atoms with Crippen molar-refractivity contribution in [1.29, 1.82) is 0 Å². The number of nitrogens with one attached hydrogen (secondary N) is 2. The minimum absolute atomic E-state index is 0.0863. The molecule has 3 N–H and O–H groups in total. The van der Waals surface area contributed by atoms with E-state index < -0.39 is 20.5 Å². The number of hydrogen-bond acceptors (Lipinski definition) is 6. The molecular weight excluding hydrogens is 370 g/mol. The molecule has 1 aliphatic carbocycles. The number of nitrogens with zero attached hydrogens (tertiary/aromatic N) is 1. The van der Waals surface area contributed by atoms with Crippen molar-refractivity contribution >= 4 is 21.4 Å². The summed E-state index contributed by atoms with van der Waals surface area (Å²) in [5.41, 5.74) is 0.544. The third kappa shape index (κ3) is 3.80. The Morgan fingerprint density at radius 2 is 2.00 bits per heavy atom. The second-order valence-corrected chi connectivity index (χ2v) is 8.43. The molecule has 0 radical (unpaired) electrons. The maximum Gasteiger partial charge on any atom is 0.293 e. The van der Waals surface area contributed by atoms with Crippen LogP contribution in [0.2, 0.25) is 0 Å². The van der Waals surface area contributed by atoms with Gasteiger partial charge in [0.2, 0.25) is 10.0 Å². The van der Waals surface area contributed by atoms with E-state index in [9.17, 15) is 23.6 Å². The molecule has 0 aliphatic heterocycles. The van der Waals surface area contributed by atoms with Gasteiger partial charge in [-0.1, -0.05) is 24.3 Å². The molecule has 2 aromatic carbocycles. The van der Waals surface area contributed by atoms with E-state index in [1.807, 2.05) is 24.3 Å². The number of nitro benzene ring substituents is 1. The number of anilines is 1. The molecule has 0 amide bonds. The standard InChI is InChI=1S/C18H21N3O5S/c1-19-27(25,26)14-8-9-16(17(11-14)21(23)24)20-12-18(22)10-4-6-13-5-2-3-7-15(13)18/h2-3,5,7-9,11,19-20,22H,4,6,10,12H2,1H3. The number of benzene rings is 2. The van der Waals surface area contributed by atoms with Gasteiger partial charge >= 0.3 is 0 Å². The molecule has 0 aromatic heterocycles. The summed E-state index contributed by atoms with van der Waals surface area (Å²) in [7, 11) is -2.55. The fraction of sp³-hybridized carbons (Fsp3) is 0.333. The number of nitro groups is 1. The first-order valence-corrected chi connectivity index (χ1v) is 10.0. The summed E-state index contributed by atoms with van der Waals surface area (Å²) in [4.78, 5) is 10.6. The third-order valence-corrected chi connectivity index (χ3v) is 6.28. The van der Waals surface area contributed by atoms with Crippen LogP contribution < -0.4 is 10.0 Å². The van der Waals surface area contributed by atoms with Crippen molar-refractivity contribution in [2.45, 2.75) is 29.8 Å². The average molecular weight is 391 g/mol. The van der Waals surface area contributed by atoms with E-state index >= 15 is 0 Å². The predicted molar refractivity (Wildman–Crippen MR) is 101 cm³/mol. The fourth-order valence-corrected chi connectivity index (χ4v) is 4.17. The van der Waals surface area contributed by atoms with Crippen LogP contribution in [0.5, 0.6) is 0 Å². The Morgan fingerprint density at radius 1 is 1.26 bits per heavy atom. The van der Waals surface area contributed by atoms with E-state index in [1.165, 1.54) is 19.2 Å². The number of fused-ring (bicyclic) bond motifs is 1. The average Bonchev–Trinajstić information content (AvgIpc) is 2.66. The Kier molecular flexibility index (Phi) is 5.18. The number of aliphatic hydroxyl groups is 1. The Bertz CT molecular complexity index is 977. The van der Waals surface area contributed by atoms with Crippen LogP contribution in [-0.2, 0) is 22.0 Å². The zero-order valence-electron chi connectivity index (χ0n) is 14.8. The smallest absolute Gasteiger partial charge is 0.293 e. The lowest BCUT2D eigenvalue weighted by Crippen LogP contribution is -2.37. The largest absolute Gasteiger partial charge is 0.383 e. The van der Waals surface area contributed by atoms with Crippen molar-refractivity contribution in [3.8, 4) is 0 Å². The zero-order chi connectivity index (χ0) is 19.7. The van der Waals surface area contributed by atoms with Crippen LogP contribution in [0.1, 0.15) is 24.0 Å². The van der Waals surface area contributed by atoms with Gasteiger partial charge in [-0.05, 0) is 49.6 Å². The SMILES string of the molecule is CNS(=O)(=O)c1ccc(NCC2(O)CCCc3ccccc32)c([N+](=O)[O-])c1. The minimum atomic E-state index is -3.79. The molecule has 0 bridgehead atoms. The summed E-state index contributed by atoms with van der Waals surface area (Å²) in [6, 6.07) is 11.3. The lowest BCUT2D eigenvalue weighted by molar-refractivity contribution is -0.384. The van der Waals surface area contributed by atoms with Crippen LogP contribution in [0.4, 0.5) is 11.4 Å². The molecule has 0 saturated heterocycles. The normalized spacial score (nSPS) is 19.3. The van der Waals surface area contributed by atoms with E-state index in [0.29, 0.717) is 6.42 Å². The van der Waals surface area contributed by atoms with Crippen molar-refractivity contribution in [2.75, 3.05) is 18.9 Å². The van der Waals surface area contributed by atoms with Crippen LogP contribution >= 0.6 is 0 Å². The summed E-state index contributed by atoms with van der Waals surface area (Å²) in [5, 5.41) is 25.4. The maximum absolute atomic E-state index is 11.9. The van der Waals surface area contributed by atoms with Gasteiger partial charge in [-0.2, -0.15) is 0 Å². The predicted octanol–water partition coefficient (Wildman–Crippen LogP) is 2.14. The first-order chi connectivity index (χ1) is 12.8. The summed E-state index contributed by atoms with van der Waals surface area (Å²) in [6.45, 7) is 0.0863. The minimum Gasteiger partial charge on any atom is -0.383 e. The Morgan fingerprint density at radius 3 is 2.70 bits per heavy atom. The quantitative estimate of drug-likeness (QED) is 0.512. The first kappa shape index (κ1) is 19.3. The van der Waals surface area contributed by atoms with Crippen LogP contribution in [0, 0.1) is 10.1 Å². The highest BCUT2D eigenvalue weighted by molar-refractivity contribution is 7.89. The molecule has 9 heteroatoms. The molecule has 0 heterocycles. The molecule has 2 aromatic rings. The lowest BCUT2D eigenvalue weighted by Gasteiger charge is -2.35. The number of rotatable bonds is 6. The van der Waals surface area contributed by atoms with Gasteiger partial charge in [-0.15, -0.1) is 0 Å². The van der Waals surface area contributed by atoms with Crippen molar-refractivity contribution in [3.05, 3.63) is 63.7 Å². The van der Waals surface area contributed by atoms with Crippen molar-refractivity contribution in [3.63, 3.8) is 0 Å². The highest BCUT2D eigenvalue weighted by atomic mass is 32.2. The van der Waals surface area contributed by atoms with E-state index in [-0.39, 0.29) is 22.8 Å². The number of aryl methyl sites for hydroxylation is 1. The summed E-state index contributed by atoms with van der Waals surface area (Å²) in [6.07, 6.45) is 2.24. The van der Waals surface area contributed by atoms with E-state index in [1.54, 1.807) is 0 Å². The van der Waals surface area contributed by atoms with Gasteiger partial charge in [0.05, 0.1) is 9.82 Å². The first-order valence-electron chi connectivity index (χ1n) is 8.53. The second kappa shape index (κ2) is 7.26. The Labute approximate surface area is 157 Å². The van der Waals surface area contributed by atoms with E-state index in [2.05, 4.69) is 10.0 Å². The highest BCUT2D eigenvalue weighted by Gasteiger charge is 2.34. The molecule has 0 spiro atoms. The van der Waals surface area contributed by atoms with Crippen LogP contribution in [0.25, 0.3) is 0 Å². The van der Waals surface area contributed by atoms with Gasteiger partial charge in [0, 0.05) is 12.6 Å². The molecule has 0 saturated carbocycles. The van der Waals surface area contributed by atoms with Crippen LogP contribution in [0.15, 0.2) is 47.4 Å². The van der Waals surface area contributed by atoms with Gasteiger partial charge < -0.3 is 10.4 Å². The van der Waals surface area contributed by atoms with Gasteiger partial charge in [0.25, 0.3) is 5.69 Å². The van der Waals surface area contributed by atoms with Crippen LogP contribution in [-0.4, -0.2) is 32.0 Å². The highest BCUT2D eigenvalue weighted by Crippen LogP contribution is 2.36. The van der Waals surface area contributed by atoms with Crippen molar-refractivity contribution in [1.82, 2.24) is 4.72 Å². The summed E-state index contributed by atoms with van der Waals surface area (Å²) < 4.78 is 25.9. The maximum atomic E-state index is 11.9. The molecule has 1 aliphatic rings. The molecule has 144 valence electrons. The molecule has 1 unspecified atom stereocenters. The van der Waals surface area contributed by atoms with E-state index in [0.717, 1.165) is 30.0 Å². The monoisotopic (exact) mass is 391 g/mol. The van der Waals surface area contributed by atoms with Gasteiger partial charge in [-0.3, -0.25) is 10.1 Å². The summed E-state index contributed by atoms with van der Waals surface area (Å²) in [5.74, 6) is 0. The number of hydrogen-bond donors (Lipinski definition) is 3. The van der Waals surface area contributed by atoms with Gasteiger partial charge in [0.1, 0.15) is 11.3 Å². The van der Waals surface area contributed by atoms with Gasteiger partial charge in [-0.25, -0.2) is 13.1 Å². The van der Waals surface area contributed by atoms with E-state index in [4.69, 9.17) is 0 Å². The van der Waals surface area contributed by atoms with Gasteiger partial charge in [0.15, 0.2) is 0 Å². The zero-order valence-corrected chi connectivity index (χ0v) is 15.6. The molecule has 1 atom stereocenters. The second-order valence-electron chi connectivity index (χ2n) is 6.54. The Hall–Kier alpha value is -2.49. The molecular formula is C18H21N3O5S. The topological polar surface area (TPSA) is 122 Å². The summed E-state index contributed by atoms with van der Waals surface area (Å²) >= 11 is 0. The third-order valence-electron chi connectivity index (χ3n) is 4.87. The van der Waals surface area contributed by atoms with Crippen molar-refractivity contribution in [2.24, 2.45) is 0 Å². The molecule has 27 heavy (non-hydrogen) atoms. The Balaban J connectivity index is 1.90.